The number of carbonyl (C=O) groups is 1. The molecule has 1 saturated carbocycles. The number of para-hydroxylation sites is 1. The van der Waals surface area contributed by atoms with Gasteiger partial charge in [-0.3, -0.25) is 9.59 Å². The van der Waals surface area contributed by atoms with E-state index in [0.717, 1.165) is 35.4 Å². The van der Waals surface area contributed by atoms with E-state index < -0.39 is 23.0 Å². The van der Waals surface area contributed by atoms with Crippen molar-refractivity contribution in [2.75, 3.05) is 13.7 Å². The third-order valence-electron chi connectivity index (χ3n) is 5.91. The molecule has 1 amide bonds. The van der Waals surface area contributed by atoms with E-state index in [-0.39, 0.29) is 28.3 Å². The van der Waals surface area contributed by atoms with Crippen LogP contribution in [-0.2, 0) is 6.42 Å². The average molecular weight is 437 g/mol. The summed E-state index contributed by atoms with van der Waals surface area (Å²) in [5.74, 6) is -3.21. The van der Waals surface area contributed by atoms with Crippen molar-refractivity contribution in [3.05, 3.63) is 75.7 Å². The zero-order valence-corrected chi connectivity index (χ0v) is 17.4. The van der Waals surface area contributed by atoms with Crippen LogP contribution in [0.3, 0.4) is 0 Å². The predicted octanol–water partition coefficient (Wildman–Crippen LogP) is 4.08. The maximum absolute atomic E-state index is 14.3. The summed E-state index contributed by atoms with van der Waals surface area (Å²) in [7, 11) is 1.23. The molecule has 4 aromatic rings. The van der Waals surface area contributed by atoms with Gasteiger partial charge in [-0.15, -0.1) is 0 Å². The molecule has 164 valence electrons. The number of aromatic nitrogens is 2. The van der Waals surface area contributed by atoms with Gasteiger partial charge in [0.25, 0.3) is 5.91 Å². The highest BCUT2D eigenvalue weighted by molar-refractivity contribution is 5.98. The van der Waals surface area contributed by atoms with Crippen molar-refractivity contribution in [3.63, 3.8) is 0 Å². The second kappa shape index (κ2) is 7.78. The van der Waals surface area contributed by atoms with Crippen LogP contribution in [-0.4, -0.2) is 29.1 Å². The fourth-order valence-electron chi connectivity index (χ4n) is 4.16. The summed E-state index contributed by atoms with van der Waals surface area (Å²) in [6.07, 6.45) is 5.55. The van der Waals surface area contributed by atoms with E-state index in [1.54, 1.807) is 4.57 Å². The molecular formula is C24H21F2N3O3. The van der Waals surface area contributed by atoms with Gasteiger partial charge in [0.1, 0.15) is 5.56 Å². The van der Waals surface area contributed by atoms with Gasteiger partial charge in [-0.25, -0.2) is 4.39 Å². The molecule has 1 aliphatic carbocycles. The Bertz CT molecular complexity index is 1420. The van der Waals surface area contributed by atoms with Crippen LogP contribution in [0.5, 0.6) is 5.75 Å². The van der Waals surface area contributed by atoms with Gasteiger partial charge in [-0.2, -0.15) is 4.39 Å². The highest BCUT2D eigenvalue weighted by Gasteiger charge is 2.30. The Hall–Kier alpha value is -3.68. The van der Waals surface area contributed by atoms with Gasteiger partial charge in [0, 0.05) is 35.9 Å². The van der Waals surface area contributed by atoms with Gasteiger partial charge >= 0.3 is 0 Å². The number of benzene rings is 2. The predicted molar refractivity (Wildman–Crippen MR) is 117 cm³/mol. The minimum atomic E-state index is -1.19. The molecule has 1 fully saturated rings. The average Bonchev–Trinajstić information content (AvgIpc) is 3.56. The van der Waals surface area contributed by atoms with Crippen molar-refractivity contribution in [2.24, 2.45) is 0 Å². The number of aromatic amines is 1. The maximum atomic E-state index is 14.3. The molecular weight excluding hydrogens is 416 g/mol. The van der Waals surface area contributed by atoms with Gasteiger partial charge < -0.3 is 19.6 Å². The maximum Gasteiger partial charge on any atom is 0.256 e. The SMILES string of the molecule is COc1c(F)c(F)cc2c(=O)c(C(=O)NCCc3c[nH]c4ccccc34)cn(C3CC3)c12. The number of pyridine rings is 1. The van der Waals surface area contributed by atoms with Crippen molar-refractivity contribution in [2.45, 2.75) is 25.3 Å². The minimum Gasteiger partial charge on any atom is -0.491 e. The summed E-state index contributed by atoms with van der Waals surface area (Å²) >= 11 is 0. The molecule has 6 nitrogen and oxygen atoms in total. The van der Waals surface area contributed by atoms with Crippen LogP contribution in [0.1, 0.15) is 34.8 Å². The number of nitrogens with one attached hydrogen (secondary N) is 2. The third-order valence-corrected chi connectivity index (χ3v) is 5.91. The molecule has 32 heavy (non-hydrogen) atoms. The molecule has 8 heteroatoms. The number of hydrogen-bond acceptors (Lipinski definition) is 3. The second-order valence-corrected chi connectivity index (χ2v) is 7.98. The van der Waals surface area contributed by atoms with E-state index in [9.17, 15) is 18.4 Å². The number of nitrogens with zero attached hydrogens (tertiary/aromatic N) is 1. The molecule has 0 aliphatic heterocycles. The first-order chi connectivity index (χ1) is 15.5. The third kappa shape index (κ3) is 3.32. The van der Waals surface area contributed by atoms with Gasteiger partial charge in [0.05, 0.1) is 18.0 Å². The number of ether oxygens (including phenoxy) is 1. The Kier molecular flexibility index (Phi) is 4.92. The number of rotatable bonds is 6. The van der Waals surface area contributed by atoms with E-state index in [1.165, 1.54) is 13.3 Å². The fourth-order valence-corrected chi connectivity index (χ4v) is 4.16. The Balaban J connectivity index is 1.47. The first kappa shape index (κ1) is 20.2. The van der Waals surface area contributed by atoms with Crippen LogP contribution in [0.2, 0.25) is 0 Å². The summed E-state index contributed by atoms with van der Waals surface area (Å²) < 4.78 is 35.2. The lowest BCUT2D eigenvalue weighted by atomic mass is 10.1. The summed E-state index contributed by atoms with van der Waals surface area (Å²) in [5.41, 5.74) is 1.49. The van der Waals surface area contributed by atoms with Gasteiger partial charge in [0.15, 0.2) is 11.6 Å². The van der Waals surface area contributed by atoms with Gasteiger partial charge in [-0.1, -0.05) is 18.2 Å². The van der Waals surface area contributed by atoms with Crippen LogP contribution in [0.15, 0.2) is 47.5 Å². The molecule has 5 rings (SSSR count). The van der Waals surface area contributed by atoms with E-state index >= 15 is 0 Å². The lowest BCUT2D eigenvalue weighted by molar-refractivity contribution is 0.0952. The molecule has 0 radical (unpaired) electrons. The van der Waals surface area contributed by atoms with Crippen molar-refractivity contribution >= 4 is 27.7 Å². The number of amides is 1. The molecule has 0 unspecified atom stereocenters. The zero-order chi connectivity index (χ0) is 22.4. The molecule has 2 aromatic carbocycles. The minimum absolute atomic E-state index is 0.00892. The summed E-state index contributed by atoms with van der Waals surface area (Å²) in [6.45, 7) is 0.322. The van der Waals surface area contributed by atoms with E-state index in [1.807, 2.05) is 30.5 Å². The molecule has 0 spiro atoms. The van der Waals surface area contributed by atoms with Crippen molar-refractivity contribution < 1.29 is 18.3 Å². The first-order valence-corrected chi connectivity index (χ1v) is 10.4. The fraction of sp³-hybridized carbons (Fsp3) is 0.250. The van der Waals surface area contributed by atoms with E-state index in [2.05, 4.69) is 10.3 Å². The second-order valence-electron chi connectivity index (χ2n) is 7.98. The van der Waals surface area contributed by atoms with Crippen molar-refractivity contribution in [1.29, 1.82) is 0 Å². The standard InChI is InChI=1S/C24H21F2N3O3/c1-32-23-20(26)18(25)10-16-21(23)29(14-6-7-14)12-17(22(16)30)24(31)27-9-8-13-11-28-19-5-3-2-4-15(13)19/h2-5,10-12,14,28H,6-9H2,1H3,(H,27,31). The zero-order valence-electron chi connectivity index (χ0n) is 17.4. The van der Waals surface area contributed by atoms with Crippen LogP contribution in [0, 0.1) is 11.6 Å². The molecule has 0 bridgehead atoms. The van der Waals surface area contributed by atoms with Gasteiger partial charge in [-0.05, 0) is 37.0 Å². The van der Waals surface area contributed by atoms with Crippen LogP contribution >= 0.6 is 0 Å². The number of H-pyrrole nitrogens is 1. The van der Waals surface area contributed by atoms with Crippen LogP contribution in [0.4, 0.5) is 8.78 Å². The highest BCUT2D eigenvalue weighted by atomic mass is 19.2. The molecule has 2 heterocycles. The topological polar surface area (TPSA) is 76.1 Å². The Morgan fingerprint density at radius 2 is 2.03 bits per heavy atom. The number of hydrogen-bond donors (Lipinski definition) is 2. The monoisotopic (exact) mass is 437 g/mol. The normalized spacial score (nSPS) is 13.6. The molecule has 2 aromatic heterocycles. The Morgan fingerprint density at radius 1 is 1.25 bits per heavy atom. The summed E-state index contributed by atoms with van der Waals surface area (Å²) in [6, 6.07) is 8.72. The number of carbonyl (C=O) groups excluding carboxylic acids is 1. The number of fused-ring (bicyclic) bond motifs is 2. The number of methoxy groups -OCH3 is 1. The van der Waals surface area contributed by atoms with Crippen LogP contribution < -0.4 is 15.5 Å². The smallest absolute Gasteiger partial charge is 0.256 e. The summed E-state index contributed by atoms with van der Waals surface area (Å²) in [4.78, 5) is 29.1. The molecule has 2 N–H and O–H groups in total. The summed E-state index contributed by atoms with van der Waals surface area (Å²) in [5, 5.41) is 3.79. The van der Waals surface area contributed by atoms with Crippen molar-refractivity contribution in [3.8, 4) is 5.75 Å². The van der Waals surface area contributed by atoms with Crippen molar-refractivity contribution in [1.82, 2.24) is 14.9 Å². The van der Waals surface area contributed by atoms with Gasteiger partial charge in [0.2, 0.25) is 11.2 Å². The molecule has 0 atom stereocenters. The molecule has 0 saturated heterocycles. The molecule has 1 aliphatic rings. The Morgan fingerprint density at radius 3 is 2.78 bits per heavy atom. The number of halogens is 2. The first-order valence-electron chi connectivity index (χ1n) is 10.4. The lowest BCUT2D eigenvalue weighted by Crippen LogP contribution is -2.31. The van der Waals surface area contributed by atoms with E-state index in [0.29, 0.717) is 13.0 Å². The largest absolute Gasteiger partial charge is 0.491 e. The van der Waals surface area contributed by atoms with Crippen LogP contribution in [0.25, 0.3) is 21.8 Å². The Labute approximate surface area is 181 Å². The highest BCUT2D eigenvalue weighted by Crippen LogP contribution is 2.40. The quantitative estimate of drug-likeness (QED) is 0.477. The van der Waals surface area contributed by atoms with E-state index in [4.69, 9.17) is 4.74 Å². The lowest BCUT2D eigenvalue weighted by Gasteiger charge is -2.16.